The lowest BCUT2D eigenvalue weighted by molar-refractivity contribution is -0.154. The fourth-order valence-corrected chi connectivity index (χ4v) is 8.15. The van der Waals surface area contributed by atoms with Crippen molar-refractivity contribution in [2.24, 2.45) is 5.92 Å². The van der Waals surface area contributed by atoms with E-state index < -0.39 is 24.1 Å². The molecule has 0 spiro atoms. The maximum atomic E-state index is 13.8. The summed E-state index contributed by atoms with van der Waals surface area (Å²) in [6.07, 6.45) is 7.31. The van der Waals surface area contributed by atoms with E-state index in [4.69, 9.17) is 14.5 Å². The van der Waals surface area contributed by atoms with Crippen molar-refractivity contribution in [3.05, 3.63) is 29.5 Å². The Hall–Kier alpha value is -4.46. The molecule has 0 saturated heterocycles. The highest BCUT2D eigenvalue weighted by Crippen LogP contribution is 2.42. The van der Waals surface area contributed by atoms with Gasteiger partial charge in [0, 0.05) is 56.1 Å². The number of hydrogen-bond donors (Lipinski definition) is 3. The third kappa shape index (κ3) is 6.87. The van der Waals surface area contributed by atoms with Crippen LogP contribution in [0.5, 0.6) is 5.75 Å². The topological polar surface area (TPSA) is 167 Å². The van der Waals surface area contributed by atoms with Crippen LogP contribution in [0.1, 0.15) is 81.1 Å². The van der Waals surface area contributed by atoms with Gasteiger partial charge in [0.25, 0.3) is 5.91 Å². The number of hydrogen-bond acceptors (Lipinski definition) is 11. The van der Waals surface area contributed by atoms with E-state index in [9.17, 15) is 24.3 Å². The number of amides is 2. The minimum Gasteiger partial charge on any atom is -0.491 e. The summed E-state index contributed by atoms with van der Waals surface area (Å²) in [6, 6.07) is 2.77. The molecule has 2 saturated carbocycles. The Balaban J connectivity index is 1.25. The van der Waals surface area contributed by atoms with E-state index in [1.165, 1.54) is 6.92 Å². The first-order valence-corrected chi connectivity index (χ1v) is 17.3. The summed E-state index contributed by atoms with van der Waals surface area (Å²) in [5, 5.41) is 16.1. The largest absolute Gasteiger partial charge is 0.491 e. The van der Waals surface area contributed by atoms with Crippen molar-refractivity contribution in [3.8, 4) is 5.75 Å². The number of rotatable bonds is 10. The Morgan fingerprint density at radius 3 is 2.59 bits per heavy atom. The van der Waals surface area contributed by atoms with Gasteiger partial charge in [-0.15, -0.1) is 0 Å². The van der Waals surface area contributed by atoms with Gasteiger partial charge in [0.05, 0.1) is 24.9 Å². The van der Waals surface area contributed by atoms with E-state index in [1.54, 1.807) is 30.3 Å². The SMILES string of the molecule is CC[C@@H]1C(=O)N(C)c2cnc(Nc3ccc(C(=O)N[C@@H]4C[C@@H](OC(C)=O)[C@H](N(C)C)C[C@@H]4CC(=O)O)c4c3OCC4)nc2N1C1CCCC1. The summed E-state index contributed by atoms with van der Waals surface area (Å²) in [6.45, 7) is 3.77. The first-order valence-electron chi connectivity index (χ1n) is 17.3. The second-order valence-electron chi connectivity index (χ2n) is 13.8. The second kappa shape index (κ2) is 14.2. The number of benzene rings is 1. The number of carbonyl (C=O) groups excluding carboxylic acids is 3. The number of esters is 1. The van der Waals surface area contributed by atoms with Gasteiger partial charge in [-0.2, -0.15) is 4.98 Å². The summed E-state index contributed by atoms with van der Waals surface area (Å²) in [4.78, 5) is 66.1. The zero-order chi connectivity index (χ0) is 35.0. The zero-order valence-corrected chi connectivity index (χ0v) is 28.9. The molecule has 4 aliphatic rings. The molecule has 2 aromatic rings. The number of aliphatic carboxylic acids is 1. The molecule has 1 aromatic heterocycles. The molecule has 3 heterocycles. The lowest BCUT2D eigenvalue weighted by atomic mass is 9.77. The van der Waals surface area contributed by atoms with Crippen LogP contribution in [-0.4, -0.2) is 102 Å². The second-order valence-corrected chi connectivity index (χ2v) is 13.8. The predicted octanol–water partition coefficient (Wildman–Crippen LogP) is 3.50. The van der Waals surface area contributed by atoms with Gasteiger partial charge in [-0.1, -0.05) is 19.8 Å². The Morgan fingerprint density at radius 2 is 1.92 bits per heavy atom. The molecule has 0 bridgehead atoms. The van der Waals surface area contributed by atoms with Crippen molar-refractivity contribution < 1.29 is 33.8 Å². The van der Waals surface area contributed by atoms with E-state index in [1.807, 2.05) is 25.9 Å². The van der Waals surface area contributed by atoms with Crippen LogP contribution < -0.4 is 25.2 Å². The van der Waals surface area contributed by atoms with Crippen LogP contribution in [0.2, 0.25) is 0 Å². The summed E-state index contributed by atoms with van der Waals surface area (Å²) in [7, 11) is 5.52. The fraction of sp³-hybridized carbons (Fsp3) is 0.600. The minimum atomic E-state index is -0.948. The molecule has 2 fully saturated rings. The summed E-state index contributed by atoms with van der Waals surface area (Å²) >= 11 is 0. The summed E-state index contributed by atoms with van der Waals surface area (Å²) in [5.41, 5.74) is 2.47. The quantitative estimate of drug-likeness (QED) is 0.314. The maximum Gasteiger partial charge on any atom is 0.303 e. The molecular weight excluding hydrogens is 630 g/mol. The number of fused-ring (bicyclic) bond motifs is 2. The van der Waals surface area contributed by atoms with Crippen LogP contribution in [0.3, 0.4) is 0 Å². The highest BCUT2D eigenvalue weighted by molar-refractivity contribution is 6.04. The van der Waals surface area contributed by atoms with Gasteiger partial charge in [0.2, 0.25) is 11.9 Å². The monoisotopic (exact) mass is 677 g/mol. The normalized spacial score (nSPS) is 25.1. The Bertz CT molecular complexity index is 1610. The molecule has 0 unspecified atom stereocenters. The van der Waals surface area contributed by atoms with Crippen LogP contribution in [0.25, 0.3) is 0 Å². The molecular formula is C35H47N7O7. The Morgan fingerprint density at radius 1 is 1.16 bits per heavy atom. The predicted molar refractivity (Wildman–Crippen MR) is 182 cm³/mol. The highest BCUT2D eigenvalue weighted by atomic mass is 16.5. The number of aromatic nitrogens is 2. The number of likely N-dealkylation sites (N-methyl/N-ethyl adjacent to an activating group) is 2. The lowest BCUT2D eigenvalue weighted by Crippen LogP contribution is -2.55. The number of ether oxygens (including phenoxy) is 2. The van der Waals surface area contributed by atoms with E-state index in [0.29, 0.717) is 60.9 Å². The first kappa shape index (κ1) is 34.4. The number of nitrogens with one attached hydrogen (secondary N) is 2. The zero-order valence-electron chi connectivity index (χ0n) is 28.9. The summed E-state index contributed by atoms with van der Waals surface area (Å²) < 4.78 is 11.7. The fourth-order valence-electron chi connectivity index (χ4n) is 8.15. The molecule has 264 valence electrons. The number of carbonyl (C=O) groups is 4. The first-order chi connectivity index (χ1) is 23.5. The molecule has 49 heavy (non-hydrogen) atoms. The highest BCUT2D eigenvalue weighted by Gasteiger charge is 2.43. The van der Waals surface area contributed by atoms with Crippen molar-refractivity contribution in [2.45, 2.75) is 102 Å². The van der Waals surface area contributed by atoms with Crippen molar-refractivity contribution in [1.29, 1.82) is 0 Å². The van der Waals surface area contributed by atoms with Crippen LogP contribution in [0, 0.1) is 5.92 Å². The van der Waals surface area contributed by atoms with Gasteiger partial charge in [0.15, 0.2) is 5.82 Å². The number of anilines is 4. The van der Waals surface area contributed by atoms with Crippen molar-refractivity contribution in [1.82, 2.24) is 20.2 Å². The molecule has 6 rings (SSSR count). The van der Waals surface area contributed by atoms with Crippen LogP contribution >= 0.6 is 0 Å². The third-order valence-electron chi connectivity index (χ3n) is 10.5. The maximum absolute atomic E-state index is 13.8. The lowest BCUT2D eigenvalue weighted by Gasteiger charge is -2.43. The standard InChI is InChI=1S/C35H47N7O7/c1-6-26-34(47)41(5)28-18-36-35(39-32(28)42(26)21-9-7-8-10-21)38-24-12-11-23(22-13-14-48-31(22)24)33(46)37-25-17-29(49-19(2)43)27(40(3)4)15-20(25)16-30(44)45/h11-12,18,20-21,25-27,29H,6-10,13-17H2,1-5H3,(H,37,46)(H,44,45)(H,36,38,39)/t20-,25-,26-,27-,29-/m1/s1. The molecule has 3 N–H and O–H groups in total. The van der Waals surface area contributed by atoms with Crippen LogP contribution in [-0.2, 0) is 25.5 Å². The average molecular weight is 678 g/mol. The molecule has 14 nitrogen and oxygen atoms in total. The Kier molecular flexibility index (Phi) is 9.96. The molecule has 5 atom stereocenters. The van der Waals surface area contributed by atoms with Gasteiger partial charge in [-0.3, -0.25) is 19.2 Å². The van der Waals surface area contributed by atoms with Gasteiger partial charge in [-0.25, -0.2) is 4.98 Å². The van der Waals surface area contributed by atoms with Crippen LogP contribution in [0.15, 0.2) is 18.3 Å². The Labute approximate surface area is 286 Å². The molecule has 14 heteroatoms. The van der Waals surface area contributed by atoms with Gasteiger partial charge < -0.3 is 39.9 Å². The number of nitrogens with zero attached hydrogens (tertiary/aromatic N) is 5. The van der Waals surface area contributed by atoms with E-state index in [0.717, 1.165) is 37.1 Å². The average Bonchev–Trinajstić information content (AvgIpc) is 3.77. The van der Waals surface area contributed by atoms with E-state index in [2.05, 4.69) is 20.5 Å². The molecule has 2 aliphatic heterocycles. The summed E-state index contributed by atoms with van der Waals surface area (Å²) in [5.74, 6) is -0.372. The smallest absolute Gasteiger partial charge is 0.303 e. The minimum absolute atomic E-state index is 0.0493. The van der Waals surface area contributed by atoms with Crippen molar-refractivity contribution in [2.75, 3.05) is 42.9 Å². The molecule has 0 radical (unpaired) electrons. The van der Waals surface area contributed by atoms with Gasteiger partial charge >= 0.3 is 11.9 Å². The van der Waals surface area contributed by atoms with Crippen molar-refractivity contribution >= 4 is 46.9 Å². The number of carboxylic acid groups (broad SMARTS) is 1. The number of carboxylic acids is 1. The molecule has 1 aromatic carbocycles. The third-order valence-corrected chi connectivity index (χ3v) is 10.5. The molecule has 2 aliphatic carbocycles. The van der Waals surface area contributed by atoms with Gasteiger partial charge in [0.1, 0.15) is 23.6 Å². The van der Waals surface area contributed by atoms with Crippen molar-refractivity contribution in [3.63, 3.8) is 0 Å². The molecule has 2 amide bonds. The van der Waals surface area contributed by atoms with E-state index >= 15 is 0 Å². The van der Waals surface area contributed by atoms with Crippen LogP contribution in [0.4, 0.5) is 23.1 Å². The van der Waals surface area contributed by atoms with Gasteiger partial charge in [-0.05, 0) is 57.8 Å². The van der Waals surface area contributed by atoms with E-state index in [-0.39, 0.29) is 42.3 Å².